The highest BCUT2D eigenvalue weighted by atomic mass is 35.5. The van der Waals surface area contributed by atoms with E-state index in [9.17, 15) is 4.79 Å². The Hall–Kier alpha value is -1.30. The van der Waals surface area contributed by atoms with Gasteiger partial charge in [0.15, 0.2) is 0 Å². The number of likely N-dealkylation sites (N-methyl/N-ethyl adjacent to an activating group) is 1. The molecule has 0 aliphatic carbocycles. The molecule has 1 heterocycles. The van der Waals surface area contributed by atoms with Crippen molar-refractivity contribution in [3.05, 3.63) is 28.1 Å². The minimum Gasteiger partial charge on any atom is -0.397 e. The lowest BCUT2D eigenvalue weighted by Crippen LogP contribution is -2.30. The molecule has 1 aromatic heterocycles. The number of hydrogen-bond donors (Lipinski definition) is 1. The number of anilines is 1. The molecule has 4 nitrogen and oxygen atoms in total. The first-order valence-electron chi connectivity index (χ1n) is 6.74. The quantitative estimate of drug-likeness (QED) is 0.912. The second kappa shape index (κ2) is 6.64. The molecule has 0 saturated heterocycles. The average Bonchev–Trinajstić information content (AvgIpc) is 2.74. The number of nitrogens with two attached hydrogens (primary N) is 1. The molecule has 114 valence electrons. The van der Waals surface area contributed by atoms with Crippen molar-refractivity contribution in [3.63, 3.8) is 0 Å². The SMILES string of the molecule is CC(C)OCCN(C)C(=O)c1sc2cc(Cl)ccc2c1N. The summed E-state index contributed by atoms with van der Waals surface area (Å²) in [4.78, 5) is 14.6. The van der Waals surface area contributed by atoms with E-state index in [4.69, 9.17) is 22.1 Å². The van der Waals surface area contributed by atoms with Crippen LogP contribution in [-0.4, -0.2) is 37.1 Å². The van der Waals surface area contributed by atoms with Crippen molar-refractivity contribution in [2.75, 3.05) is 25.9 Å². The van der Waals surface area contributed by atoms with E-state index in [1.54, 1.807) is 18.0 Å². The highest BCUT2D eigenvalue weighted by Gasteiger charge is 2.19. The van der Waals surface area contributed by atoms with Crippen LogP contribution in [-0.2, 0) is 4.74 Å². The van der Waals surface area contributed by atoms with Crippen molar-refractivity contribution < 1.29 is 9.53 Å². The van der Waals surface area contributed by atoms with E-state index in [-0.39, 0.29) is 12.0 Å². The minimum absolute atomic E-state index is 0.0859. The standard InChI is InChI=1S/C15H19ClN2O2S/c1-9(2)20-7-6-18(3)15(19)14-13(17)11-5-4-10(16)8-12(11)21-14/h4-5,8-9H,6-7,17H2,1-3H3. The Balaban J connectivity index is 2.17. The number of halogens is 1. The number of rotatable bonds is 5. The number of thiophene rings is 1. The van der Waals surface area contributed by atoms with Crippen LogP contribution in [0.15, 0.2) is 18.2 Å². The van der Waals surface area contributed by atoms with Gasteiger partial charge in [-0.2, -0.15) is 0 Å². The first-order chi connectivity index (χ1) is 9.90. The number of carbonyl (C=O) groups is 1. The maximum absolute atomic E-state index is 12.5. The van der Waals surface area contributed by atoms with Crippen molar-refractivity contribution in [1.29, 1.82) is 0 Å². The molecule has 0 unspecified atom stereocenters. The van der Waals surface area contributed by atoms with Gasteiger partial charge in [0.2, 0.25) is 0 Å². The average molecular weight is 327 g/mol. The van der Waals surface area contributed by atoms with Gasteiger partial charge in [0.25, 0.3) is 5.91 Å². The van der Waals surface area contributed by atoms with Gasteiger partial charge in [-0.25, -0.2) is 0 Å². The molecule has 0 spiro atoms. The van der Waals surface area contributed by atoms with Crippen molar-refractivity contribution in [3.8, 4) is 0 Å². The van der Waals surface area contributed by atoms with E-state index in [1.807, 2.05) is 26.0 Å². The van der Waals surface area contributed by atoms with Crippen molar-refractivity contribution in [1.82, 2.24) is 4.90 Å². The maximum Gasteiger partial charge on any atom is 0.265 e. The summed E-state index contributed by atoms with van der Waals surface area (Å²) in [5.41, 5.74) is 6.61. The number of nitrogen functional groups attached to an aromatic ring is 1. The normalized spacial score (nSPS) is 11.3. The summed E-state index contributed by atoms with van der Waals surface area (Å²) in [5, 5.41) is 1.51. The van der Waals surface area contributed by atoms with Crippen LogP contribution in [0.5, 0.6) is 0 Å². The van der Waals surface area contributed by atoms with Crippen molar-refractivity contribution >= 4 is 44.6 Å². The number of ether oxygens (including phenoxy) is 1. The molecule has 2 N–H and O–H groups in total. The van der Waals surface area contributed by atoms with Crippen LogP contribution in [0.25, 0.3) is 10.1 Å². The van der Waals surface area contributed by atoms with E-state index >= 15 is 0 Å². The van der Waals surface area contributed by atoms with Crippen LogP contribution in [0.2, 0.25) is 5.02 Å². The number of fused-ring (bicyclic) bond motifs is 1. The van der Waals surface area contributed by atoms with Gasteiger partial charge in [0, 0.05) is 28.7 Å². The van der Waals surface area contributed by atoms with E-state index in [0.717, 1.165) is 10.1 Å². The minimum atomic E-state index is -0.0859. The molecule has 21 heavy (non-hydrogen) atoms. The third-order valence-corrected chi connectivity index (χ3v) is 4.50. The second-order valence-electron chi connectivity index (χ2n) is 5.13. The lowest BCUT2D eigenvalue weighted by molar-refractivity contribution is 0.0535. The Morgan fingerprint density at radius 2 is 2.19 bits per heavy atom. The fourth-order valence-electron chi connectivity index (χ4n) is 1.95. The zero-order valence-corrected chi connectivity index (χ0v) is 13.9. The molecule has 0 bridgehead atoms. The Labute approximate surface area is 133 Å². The molecule has 1 amide bonds. The Bertz CT molecular complexity index is 654. The monoisotopic (exact) mass is 326 g/mol. The topological polar surface area (TPSA) is 55.6 Å². The highest BCUT2D eigenvalue weighted by Crippen LogP contribution is 2.35. The summed E-state index contributed by atoms with van der Waals surface area (Å²) in [6, 6.07) is 5.46. The molecule has 0 saturated carbocycles. The number of carbonyl (C=O) groups excluding carboxylic acids is 1. The lowest BCUT2D eigenvalue weighted by atomic mass is 10.2. The van der Waals surface area contributed by atoms with Gasteiger partial charge in [0.1, 0.15) is 4.88 Å². The maximum atomic E-state index is 12.5. The van der Waals surface area contributed by atoms with Crippen LogP contribution >= 0.6 is 22.9 Å². The number of hydrogen-bond acceptors (Lipinski definition) is 4. The van der Waals surface area contributed by atoms with Gasteiger partial charge >= 0.3 is 0 Å². The molecular weight excluding hydrogens is 308 g/mol. The molecule has 0 aliphatic heterocycles. The van der Waals surface area contributed by atoms with E-state index in [0.29, 0.717) is 28.7 Å². The predicted molar refractivity (Wildman–Crippen MR) is 89.3 cm³/mol. The van der Waals surface area contributed by atoms with Crippen LogP contribution in [0.1, 0.15) is 23.5 Å². The first-order valence-corrected chi connectivity index (χ1v) is 7.94. The molecule has 1 aromatic carbocycles. The number of benzene rings is 1. The van der Waals surface area contributed by atoms with Gasteiger partial charge in [-0.05, 0) is 32.0 Å². The Morgan fingerprint density at radius 3 is 2.86 bits per heavy atom. The molecule has 0 fully saturated rings. The van der Waals surface area contributed by atoms with Crippen LogP contribution < -0.4 is 5.73 Å². The van der Waals surface area contributed by atoms with Crippen LogP contribution in [0.4, 0.5) is 5.69 Å². The summed E-state index contributed by atoms with van der Waals surface area (Å²) >= 11 is 7.35. The fraction of sp³-hybridized carbons (Fsp3) is 0.400. The summed E-state index contributed by atoms with van der Waals surface area (Å²) in [6.45, 7) is 4.98. The fourth-order valence-corrected chi connectivity index (χ4v) is 3.34. The van der Waals surface area contributed by atoms with Crippen LogP contribution in [0.3, 0.4) is 0 Å². The first kappa shape index (κ1) is 16.1. The molecular formula is C15H19ClN2O2S. The molecule has 0 radical (unpaired) electrons. The molecule has 0 aliphatic rings. The van der Waals surface area contributed by atoms with Gasteiger partial charge in [0.05, 0.1) is 18.4 Å². The zero-order chi connectivity index (χ0) is 15.6. The largest absolute Gasteiger partial charge is 0.397 e. The lowest BCUT2D eigenvalue weighted by Gasteiger charge is -2.17. The van der Waals surface area contributed by atoms with Gasteiger partial charge in [-0.3, -0.25) is 4.79 Å². The number of amides is 1. The van der Waals surface area contributed by atoms with Crippen LogP contribution in [0, 0.1) is 0 Å². The molecule has 6 heteroatoms. The van der Waals surface area contributed by atoms with E-state index < -0.39 is 0 Å². The number of nitrogens with zero attached hydrogens (tertiary/aromatic N) is 1. The Kier molecular flexibility index (Phi) is 5.08. The second-order valence-corrected chi connectivity index (χ2v) is 6.62. The van der Waals surface area contributed by atoms with E-state index in [2.05, 4.69) is 0 Å². The Morgan fingerprint density at radius 1 is 1.48 bits per heavy atom. The summed E-state index contributed by atoms with van der Waals surface area (Å²) < 4.78 is 6.39. The smallest absolute Gasteiger partial charge is 0.265 e. The third-order valence-electron chi connectivity index (χ3n) is 3.11. The summed E-state index contributed by atoms with van der Waals surface area (Å²) in [7, 11) is 1.75. The van der Waals surface area contributed by atoms with Gasteiger partial charge < -0.3 is 15.4 Å². The molecule has 2 rings (SSSR count). The van der Waals surface area contributed by atoms with Gasteiger partial charge in [-0.15, -0.1) is 11.3 Å². The van der Waals surface area contributed by atoms with E-state index in [1.165, 1.54) is 11.3 Å². The zero-order valence-electron chi connectivity index (χ0n) is 12.4. The van der Waals surface area contributed by atoms with Crippen molar-refractivity contribution in [2.45, 2.75) is 20.0 Å². The summed E-state index contributed by atoms with van der Waals surface area (Å²) in [5.74, 6) is -0.0859. The van der Waals surface area contributed by atoms with Crippen molar-refractivity contribution in [2.24, 2.45) is 0 Å². The predicted octanol–water partition coefficient (Wildman–Crippen LogP) is 3.63. The highest BCUT2D eigenvalue weighted by molar-refractivity contribution is 7.21. The molecule has 2 aromatic rings. The van der Waals surface area contributed by atoms with Gasteiger partial charge in [-0.1, -0.05) is 11.6 Å². The third kappa shape index (κ3) is 3.67. The summed E-state index contributed by atoms with van der Waals surface area (Å²) in [6.07, 6.45) is 0.157. The molecule has 0 atom stereocenters.